The van der Waals surface area contributed by atoms with Crippen LogP contribution in [0.15, 0.2) is 30.4 Å². The molecule has 0 N–H and O–H groups in total. The molecular formula is C26H38F2. The van der Waals surface area contributed by atoms with Gasteiger partial charge in [-0.15, -0.1) is 0 Å². The summed E-state index contributed by atoms with van der Waals surface area (Å²) in [5.74, 6) is 1.86. The first-order chi connectivity index (χ1) is 13.6. The van der Waals surface area contributed by atoms with E-state index in [-0.39, 0.29) is 0 Å². The summed E-state index contributed by atoms with van der Waals surface area (Å²) in [6, 6.07) is 4.34. The van der Waals surface area contributed by atoms with E-state index >= 15 is 0 Å². The van der Waals surface area contributed by atoms with Crippen LogP contribution in [0.4, 0.5) is 8.78 Å². The number of rotatable bonds is 8. The minimum atomic E-state index is -0.745. The lowest BCUT2D eigenvalue weighted by molar-refractivity contribution is 0.283. The molecule has 0 amide bonds. The van der Waals surface area contributed by atoms with Gasteiger partial charge in [-0.1, -0.05) is 44.4 Å². The Morgan fingerprint density at radius 1 is 0.786 bits per heavy atom. The first-order valence-electron chi connectivity index (χ1n) is 11.8. The quantitative estimate of drug-likeness (QED) is 0.393. The molecule has 28 heavy (non-hydrogen) atoms. The highest BCUT2D eigenvalue weighted by atomic mass is 19.2. The fraction of sp³-hybridized carbons (Fsp3) is 0.692. The van der Waals surface area contributed by atoms with E-state index in [4.69, 9.17) is 0 Å². The number of halogens is 2. The smallest absolute Gasteiger partial charge is 0.159 e. The Morgan fingerprint density at radius 3 is 1.89 bits per heavy atom. The molecule has 2 aliphatic carbocycles. The standard InChI is InChI=1S/C26H38F2/c1-2-3-4-20-5-7-21(8-6-20)9-10-22-11-13-23(14-12-22)15-16-24-17-18-25(27)26(28)19-24/h9-10,17-23H,2-8,11-16H2,1H3/b10-9+/t20-,21-,22-,23-. The van der Waals surface area contributed by atoms with Crippen LogP contribution in [0.5, 0.6) is 0 Å². The van der Waals surface area contributed by atoms with E-state index in [0.717, 1.165) is 42.1 Å². The van der Waals surface area contributed by atoms with Crippen molar-refractivity contribution in [1.29, 1.82) is 0 Å². The van der Waals surface area contributed by atoms with Crippen LogP contribution < -0.4 is 0 Å². The summed E-state index contributed by atoms with van der Waals surface area (Å²) in [5, 5.41) is 0. The molecule has 0 nitrogen and oxygen atoms in total. The average molecular weight is 389 g/mol. The normalized spacial score (nSPS) is 28.7. The van der Waals surface area contributed by atoms with Crippen LogP contribution in [0.1, 0.15) is 89.5 Å². The zero-order valence-electron chi connectivity index (χ0n) is 17.6. The average Bonchev–Trinajstić information content (AvgIpc) is 2.73. The second kappa shape index (κ2) is 11.1. The minimum absolute atomic E-state index is 0.717. The topological polar surface area (TPSA) is 0 Å². The lowest BCUT2D eigenvalue weighted by Gasteiger charge is -2.29. The van der Waals surface area contributed by atoms with E-state index in [1.165, 1.54) is 82.8 Å². The number of unbranched alkanes of at least 4 members (excludes halogenated alkanes) is 1. The van der Waals surface area contributed by atoms with Crippen LogP contribution in [0, 0.1) is 35.3 Å². The summed E-state index contributed by atoms with van der Waals surface area (Å²) in [4.78, 5) is 0. The van der Waals surface area contributed by atoms with E-state index in [1.807, 2.05) is 0 Å². The van der Waals surface area contributed by atoms with Gasteiger partial charge in [0.05, 0.1) is 0 Å². The van der Waals surface area contributed by atoms with Gasteiger partial charge in [-0.2, -0.15) is 0 Å². The molecule has 156 valence electrons. The van der Waals surface area contributed by atoms with Crippen molar-refractivity contribution in [2.75, 3.05) is 0 Å². The van der Waals surface area contributed by atoms with Crippen molar-refractivity contribution in [3.05, 3.63) is 47.5 Å². The van der Waals surface area contributed by atoms with E-state index < -0.39 is 11.6 Å². The molecule has 0 aliphatic heterocycles. The van der Waals surface area contributed by atoms with E-state index in [0.29, 0.717) is 0 Å². The van der Waals surface area contributed by atoms with Crippen LogP contribution in [-0.4, -0.2) is 0 Å². The second-order valence-electron chi connectivity index (χ2n) is 9.38. The van der Waals surface area contributed by atoms with Crippen LogP contribution in [-0.2, 0) is 6.42 Å². The van der Waals surface area contributed by atoms with Crippen molar-refractivity contribution in [2.24, 2.45) is 23.7 Å². The molecular weight excluding hydrogens is 350 g/mol. The number of hydrogen-bond donors (Lipinski definition) is 0. The van der Waals surface area contributed by atoms with Crippen molar-refractivity contribution in [1.82, 2.24) is 0 Å². The van der Waals surface area contributed by atoms with Gasteiger partial charge in [-0.25, -0.2) is 8.78 Å². The SMILES string of the molecule is CCCC[C@H]1CC[C@H](/C=C/[C@H]2CC[C@H](CCc3ccc(F)c(F)c3)CC2)CC1. The van der Waals surface area contributed by atoms with Crippen LogP contribution >= 0.6 is 0 Å². The Bertz CT molecular complexity index is 605. The Hall–Kier alpha value is -1.18. The van der Waals surface area contributed by atoms with Crippen LogP contribution in [0.25, 0.3) is 0 Å². The Balaban J connectivity index is 1.33. The lowest BCUT2D eigenvalue weighted by Crippen LogP contribution is -2.15. The first-order valence-corrected chi connectivity index (χ1v) is 11.8. The summed E-state index contributed by atoms with van der Waals surface area (Å²) in [5.41, 5.74) is 0.926. The number of allylic oxidation sites excluding steroid dienone is 2. The summed E-state index contributed by atoms with van der Waals surface area (Å²) < 4.78 is 26.4. The highest BCUT2D eigenvalue weighted by Gasteiger charge is 2.22. The number of aryl methyl sites for hydroxylation is 1. The van der Waals surface area contributed by atoms with Gasteiger partial charge < -0.3 is 0 Å². The summed E-state index contributed by atoms with van der Waals surface area (Å²) in [7, 11) is 0. The van der Waals surface area contributed by atoms with E-state index in [9.17, 15) is 8.78 Å². The molecule has 0 saturated heterocycles. The van der Waals surface area contributed by atoms with E-state index in [1.54, 1.807) is 6.07 Å². The van der Waals surface area contributed by atoms with Crippen molar-refractivity contribution < 1.29 is 8.78 Å². The summed E-state index contributed by atoms with van der Waals surface area (Å²) in [6.45, 7) is 2.30. The maximum Gasteiger partial charge on any atom is 0.159 e. The molecule has 0 unspecified atom stereocenters. The largest absolute Gasteiger partial charge is 0.204 e. The monoisotopic (exact) mass is 388 g/mol. The highest BCUT2D eigenvalue weighted by molar-refractivity contribution is 5.17. The fourth-order valence-corrected chi connectivity index (χ4v) is 5.21. The molecule has 3 rings (SSSR count). The van der Waals surface area contributed by atoms with Gasteiger partial charge >= 0.3 is 0 Å². The van der Waals surface area contributed by atoms with E-state index in [2.05, 4.69) is 19.1 Å². The van der Waals surface area contributed by atoms with Gasteiger partial charge in [0.2, 0.25) is 0 Å². The van der Waals surface area contributed by atoms with Gasteiger partial charge in [-0.3, -0.25) is 0 Å². The molecule has 0 aromatic heterocycles. The number of hydrogen-bond acceptors (Lipinski definition) is 0. The third kappa shape index (κ3) is 6.71. The van der Waals surface area contributed by atoms with Gasteiger partial charge in [0.25, 0.3) is 0 Å². The summed E-state index contributed by atoms with van der Waals surface area (Å²) >= 11 is 0. The maximum absolute atomic E-state index is 13.3. The van der Waals surface area contributed by atoms with Gasteiger partial charge in [0.15, 0.2) is 11.6 Å². The maximum atomic E-state index is 13.3. The van der Waals surface area contributed by atoms with Crippen molar-refractivity contribution in [3.8, 4) is 0 Å². The highest BCUT2D eigenvalue weighted by Crippen LogP contribution is 2.35. The molecule has 0 spiro atoms. The second-order valence-corrected chi connectivity index (χ2v) is 9.38. The van der Waals surface area contributed by atoms with Crippen molar-refractivity contribution in [2.45, 2.75) is 90.4 Å². The molecule has 2 aliphatic rings. The Kier molecular flexibility index (Phi) is 8.55. The predicted molar refractivity (Wildman–Crippen MR) is 114 cm³/mol. The Labute approximate surface area is 170 Å². The lowest BCUT2D eigenvalue weighted by atomic mass is 9.77. The molecule has 0 radical (unpaired) electrons. The molecule has 2 saturated carbocycles. The molecule has 1 aromatic rings. The first kappa shape index (κ1) is 21.5. The number of benzene rings is 1. The zero-order chi connectivity index (χ0) is 19.8. The minimum Gasteiger partial charge on any atom is -0.204 e. The molecule has 0 bridgehead atoms. The molecule has 0 heterocycles. The predicted octanol–water partition coefficient (Wildman–Crippen LogP) is 8.26. The summed E-state index contributed by atoms with van der Waals surface area (Å²) in [6.07, 6.45) is 22.0. The van der Waals surface area contributed by atoms with Crippen LogP contribution in [0.3, 0.4) is 0 Å². The van der Waals surface area contributed by atoms with Gasteiger partial charge in [-0.05, 0) is 106 Å². The molecule has 2 fully saturated rings. The zero-order valence-corrected chi connectivity index (χ0v) is 17.6. The van der Waals surface area contributed by atoms with Crippen molar-refractivity contribution in [3.63, 3.8) is 0 Å². The molecule has 2 heteroatoms. The van der Waals surface area contributed by atoms with Crippen LogP contribution in [0.2, 0.25) is 0 Å². The third-order valence-corrected chi connectivity index (χ3v) is 7.23. The van der Waals surface area contributed by atoms with Crippen molar-refractivity contribution >= 4 is 0 Å². The molecule has 0 atom stereocenters. The Morgan fingerprint density at radius 2 is 1.36 bits per heavy atom. The van der Waals surface area contributed by atoms with Gasteiger partial charge in [0.1, 0.15) is 0 Å². The van der Waals surface area contributed by atoms with Gasteiger partial charge in [0, 0.05) is 0 Å². The third-order valence-electron chi connectivity index (χ3n) is 7.23. The molecule has 1 aromatic carbocycles. The fourth-order valence-electron chi connectivity index (χ4n) is 5.21.